The molecule has 3 N–H and O–H groups in total. The second-order valence-electron chi connectivity index (χ2n) is 5.30. The molecule has 0 fully saturated rings. The van der Waals surface area contributed by atoms with Gasteiger partial charge in [0.15, 0.2) is 5.78 Å². The van der Waals surface area contributed by atoms with Crippen LogP contribution >= 0.6 is 0 Å². The second kappa shape index (κ2) is 7.95. The molecular weight excluding hydrogens is 328 g/mol. The van der Waals surface area contributed by atoms with Crippen LogP contribution in [0.4, 0.5) is 11.4 Å². The number of hydrazine groups is 1. The summed E-state index contributed by atoms with van der Waals surface area (Å²) in [5, 5.41) is 7.04. The number of ketones is 1. The van der Waals surface area contributed by atoms with Gasteiger partial charge in [0.05, 0.1) is 13.5 Å². The van der Waals surface area contributed by atoms with Gasteiger partial charge in [0, 0.05) is 37.8 Å². The monoisotopic (exact) mass is 350 g/mol. The fourth-order valence-corrected chi connectivity index (χ4v) is 2.55. The van der Waals surface area contributed by atoms with Gasteiger partial charge in [-0.15, -0.1) is 0 Å². The summed E-state index contributed by atoms with van der Waals surface area (Å²) in [4.78, 5) is 36.1. The quantitative estimate of drug-likeness (QED) is 0.475. The Bertz CT molecular complexity index is 691. The smallest absolute Gasteiger partial charge is 0.305 e. The fraction of sp³-hybridized carbons (Fsp3) is 0.438. The van der Waals surface area contributed by atoms with E-state index in [1.807, 2.05) is 0 Å². The van der Waals surface area contributed by atoms with Gasteiger partial charge in [-0.2, -0.15) is 0 Å². The predicted molar refractivity (Wildman–Crippen MR) is 91.6 cm³/mol. The Morgan fingerprint density at radius 3 is 2.52 bits per heavy atom. The van der Waals surface area contributed by atoms with E-state index in [0.717, 1.165) is 0 Å². The summed E-state index contributed by atoms with van der Waals surface area (Å²) >= 11 is 0. The first kappa shape index (κ1) is 18.7. The lowest BCUT2D eigenvalue weighted by molar-refractivity contribution is -0.140. The zero-order valence-electron chi connectivity index (χ0n) is 14.6. The number of Topliss-reactive ketones (excluding diaryl/α,β-unsaturated/α-hetero) is 1. The first-order chi connectivity index (χ1) is 12.0. The Balaban J connectivity index is 2.40. The maximum absolute atomic E-state index is 12.5. The van der Waals surface area contributed by atoms with Crippen LogP contribution in [0, 0.1) is 0 Å². The molecule has 1 aromatic rings. The van der Waals surface area contributed by atoms with Crippen LogP contribution in [0.1, 0.15) is 23.2 Å². The summed E-state index contributed by atoms with van der Waals surface area (Å²) in [6, 6.07) is 3.23. The maximum Gasteiger partial charge on any atom is 0.305 e. The van der Waals surface area contributed by atoms with Gasteiger partial charge in [-0.25, -0.2) is 10.4 Å². The third-order valence-electron chi connectivity index (χ3n) is 3.87. The van der Waals surface area contributed by atoms with Gasteiger partial charge in [0.2, 0.25) is 6.23 Å². The number of nitrogens with zero attached hydrogens (tertiary/aromatic N) is 1. The molecule has 1 aliphatic rings. The lowest BCUT2D eigenvalue weighted by Gasteiger charge is -2.34. The summed E-state index contributed by atoms with van der Waals surface area (Å²) in [7, 11) is 6.17. The van der Waals surface area contributed by atoms with Crippen molar-refractivity contribution >= 4 is 29.0 Å². The molecule has 9 heteroatoms. The highest BCUT2D eigenvalue weighted by molar-refractivity contribution is 6.06. The van der Waals surface area contributed by atoms with E-state index in [-0.39, 0.29) is 24.5 Å². The van der Waals surface area contributed by atoms with E-state index in [0.29, 0.717) is 22.7 Å². The minimum absolute atomic E-state index is 0.00758. The number of carbonyl (C=O) groups excluding carboxylic acids is 3. The van der Waals surface area contributed by atoms with E-state index >= 15 is 0 Å². The first-order valence-corrected chi connectivity index (χ1v) is 7.77. The normalized spacial score (nSPS) is 16.1. The highest BCUT2D eigenvalue weighted by atomic mass is 16.5. The molecule has 1 amide bonds. The number of amides is 1. The van der Waals surface area contributed by atoms with Crippen LogP contribution < -0.4 is 25.8 Å². The summed E-state index contributed by atoms with van der Waals surface area (Å²) < 4.78 is 10.2. The highest BCUT2D eigenvalue weighted by Gasteiger charge is 2.34. The van der Waals surface area contributed by atoms with Crippen LogP contribution in [0.25, 0.3) is 0 Å². The third kappa shape index (κ3) is 3.72. The number of anilines is 2. The maximum atomic E-state index is 12.5. The van der Waals surface area contributed by atoms with Crippen molar-refractivity contribution in [2.45, 2.75) is 19.1 Å². The molecular formula is C16H22N4O5. The van der Waals surface area contributed by atoms with E-state index < -0.39 is 12.2 Å². The number of methoxy groups -OCH3 is 1. The molecule has 136 valence electrons. The van der Waals surface area contributed by atoms with Crippen molar-refractivity contribution < 1.29 is 23.9 Å². The number of likely N-dealkylation sites (N-methyl/N-ethyl adjacent to an activating group) is 1. The Kier molecular flexibility index (Phi) is 5.94. The van der Waals surface area contributed by atoms with Gasteiger partial charge in [-0.1, -0.05) is 0 Å². The minimum Gasteiger partial charge on any atom is -0.469 e. The van der Waals surface area contributed by atoms with E-state index in [1.165, 1.54) is 12.1 Å². The Hall–Kier alpha value is -2.65. The molecule has 0 spiro atoms. The Morgan fingerprint density at radius 1 is 1.24 bits per heavy atom. The molecule has 0 aromatic heterocycles. The molecule has 1 aromatic carbocycles. The zero-order chi connectivity index (χ0) is 18.6. The number of hydrogen-bond acceptors (Lipinski definition) is 8. The number of rotatable bonds is 7. The van der Waals surface area contributed by atoms with Crippen LogP contribution in [0.15, 0.2) is 12.1 Å². The Labute approximate surface area is 145 Å². The van der Waals surface area contributed by atoms with Crippen LogP contribution in [-0.2, 0) is 14.3 Å². The van der Waals surface area contributed by atoms with Crippen LogP contribution in [0.3, 0.4) is 0 Å². The standard InChI is InChI=1S/C16H22N4O5/c1-17-10-8-13-11(20(19-3)16(23)15(18-2)25-13)7-9(10)12(21)5-6-14(22)24-4/h7-8,15,17-19H,5-6H2,1-4H3. The van der Waals surface area contributed by atoms with Crippen molar-refractivity contribution in [2.75, 3.05) is 38.6 Å². The van der Waals surface area contributed by atoms with E-state index in [2.05, 4.69) is 20.8 Å². The average molecular weight is 350 g/mol. The van der Waals surface area contributed by atoms with Crippen LogP contribution in [0.5, 0.6) is 5.75 Å². The summed E-state index contributed by atoms with van der Waals surface area (Å²) in [6.07, 6.45) is -0.832. The molecule has 0 bridgehead atoms. The molecule has 2 rings (SSSR count). The molecule has 1 atom stereocenters. The number of nitrogens with one attached hydrogen (secondary N) is 3. The van der Waals surface area contributed by atoms with Crippen molar-refractivity contribution in [1.82, 2.24) is 10.7 Å². The van der Waals surface area contributed by atoms with Crippen LogP contribution in [0.2, 0.25) is 0 Å². The number of hydrogen-bond donors (Lipinski definition) is 3. The average Bonchev–Trinajstić information content (AvgIpc) is 2.64. The van der Waals surface area contributed by atoms with Crippen molar-refractivity contribution in [3.05, 3.63) is 17.7 Å². The highest BCUT2D eigenvalue weighted by Crippen LogP contribution is 2.37. The number of ether oxygens (including phenoxy) is 2. The number of esters is 1. The molecule has 1 aliphatic heterocycles. The summed E-state index contributed by atoms with van der Waals surface area (Å²) in [6.45, 7) is 0. The van der Waals surface area contributed by atoms with Crippen molar-refractivity contribution in [1.29, 1.82) is 0 Å². The molecule has 25 heavy (non-hydrogen) atoms. The molecule has 0 saturated carbocycles. The van der Waals surface area contributed by atoms with Crippen molar-refractivity contribution in [2.24, 2.45) is 0 Å². The minimum atomic E-state index is -0.828. The second-order valence-corrected chi connectivity index (χ2v) is 5.30. The van der Waals surface area contributed by atoms with Gasteiger partial charge in [-0.3, -0.25) is 19.7 Å². The van der Waals surface area contributed by atoms with Gasteiger partial charge in [-0.05, 0) is 13.1 Å². The molecule has 1 unspecified atom stereocenters. The summed E-state index contributed by atoms with van der Waals surface area (Å²) in [5.74, 6) is -0.578. The lowest BCUT2D eigenvalue weighted by Crippen LogP contribution is -2.55. The number of benzene rings is 1. The summed E-state index contributed by atoms with van der Waals surface area (Å²) in [5.41, 5.74) is 4.14. The molecule has 0 aliphatic carbocycles. The number of fused-ring (bicyclic) bond motifs is 1. The van der Waals surface area contributed by atoms with Crippen molar-refractivity contribution in [3.8, 4) is 5.75 Å². The molecule has 9 nitrogen and oxygen atoms in total. The van der Waals surface area contributed by atoms with Gasteiger partial charge < -0.3 is 14.8 Å². The molecule has 0 saturated heterocycles. The Morgan fingerprint density at radius 2 is 1.96 bits per heavy atom. The molecule has 1 heterocycles. The number of carbonyl (C=O) groups is 3. The van der Waals surface area contributed by atoms with Crippen molar-refractivity contribution in [3.63, 3.8) is 0 Å². The third-order valence-corrected chi connectivity index (χ3v) is 3.87. The van der Waals surface area contributed by atoms with Gasteiger partial charge in [0.1, 0.15) is 11.4 Å². The van der Waals surface area contributed by atoms with Crippen LogP contribution in [-0.4, -0.2) is 52.1 Å². The zero-order valence-corrected chi connectivity index (χ0v) is 14.6. The largest absolute Gasteiger partial charge is 0.469 e. The lowest BCUT2D eigenvalue weighted by atomic mass is 10.0. The predicted octanol–water partition coefficient (Wildman–Crippen LogP) is 0.270. The van der Waals surface area contributed by atoms with E-state index in [1.54, 1.807) is 33.3 Å². The fourth-order valence-electron chi connectivity index (χ4n) is 2.55. The molecule has 0 radical (unpaired) electrons. The first-order valence-electron chi connectivity index (χ1n) is 7.77. The SMILES string of the molecule is CNc1cc2c(cc1C(=O)CCC(=O)OC)N(NC)C(=O)C(NC)O2. The van der Waals surface area contributed by atoms with Gasteiger partial charge in [0.25, 0.3) is 5.91 Å². The topological polar surface area (TPSA) is 109 Å². The van der Waals surface area contributed by atoms with E-state index in [4.69, 9.17) is 4.74 Å². The van der Waals surface area contributed by atoms with Gasteiger partial charge >= 0.3 is 5.97 Å². The van der Waals surface area contributed by atoms with E-state index in [9.17, 15) is 14.4 Å².